The minimum atomic E-state index is -3.50. The van der Waals surface area contributed by atoms with E-state index in [4.69, 9.17) is 4.74 Å². The molecule has 0 saturated heterocycles. The Balaban J connectivity index is 2.30. The Hall–Kier alpha value is -1.11. The van der Waals surface area contributed by atoms with E-state index in [1.165, 1.54) is 24.3 Å². The molecule has 0 radical (unpaired) electrons. The van der Waals surface area contributed by atoms with Crippen molar-refractivity contribution in [2.24, 2.45) is 0 Å². The number of nitrogens with zero attached hydrogens (tertiary/aromatic N) is 1. The van der Waals surface area contributed by atoms with Crippen molar-refractivity contribution in [3.63, 3.8) is 0 Å². The van der Waals surface area contributed by atoms with Gasteiger partial charge in [0.25, 0.3) is 0 Å². The van der Waals surface area contributed by atoms with Crippen molar-refractivity contribution < 1.29 is 13.2 Å². The minimum absolute atomic E-state index is 0.236. The van der Waals surface area contributed by atoms with E-state index in [-0.39, 0.29) is 4.90 Å². The summed E-state index contributed by atoms with van der Waals surface area (Å²) in [5.74, 6) is 0.389. The van der Waals surface area contributed by atoms with Crippen LogP contribution in [-0.4, -0.2) is 39.5 Å². The molecule has 112 valence electrons. The molecule has 1 N–H and O–H groups in total. The first-order chi connectivity index (χ1) is 9.48. The number of rotatable bonds is 7. The van der Waals surface area contributed by atoms with Crippen LogP contribution in [-0.2, 0) is 16.6 Å². The molecule has 0 atom stereocenters. The maximum Gasteiger partial charge on any atom is 0.246 e. The summed E-state index contributed by atoms with van der Waals surface area (Å²) in [5, 5.41) is 3.38. The molecule has 0 amide bonds. The van der Waals surface area contributed by atoms with Crippen molar-refractivity contribution in [2.75, 3.05) is 20.7 Å². The van der Waals surface area contributed by atoms with Crippen LogP contribution in [0, 0.1) is 0 Å². The molecule has 1 aliphatic rings. The summed E-state index contributed by atoms with van der Waals surface area (Å²) in [7, 11) is -0.435. The number of hydrogen-bond donors (Lipinski definition) is 1. The highest BCUT2D eigenvalue weighted by atomic mass is 32.2. The third-order valence-electron chi connectivity index (χ3n) is 3.53. The molecule has 1 aliphatic carbocycles. The summed E-state index contributed by atoms with van der Waals surface area (Å²) in [6, 6.07) is 5.92. The Morgan fingerprint density at radius 2 is 2.10 bits per heavy atom. The van der Waals surface area contributed by atoms with Gasteiger partial charge in [0.15, 0.2) is 0 Å². The summed E-state index contributed by atoms with van der Waals surface area (Å²) >= 11 is 0. The number of benzene rings is 1. The lowest BCUT2D eigenvalue weighted by Crippen LogP contribution is -2.27. The van der Waals surface area contributed by atoms with Crippen LogP contribution in [0.3, 0.4) is 0 Å². The van der Waals surface area contributed by atoms with Gasteiger partial charge in [-0.05, 0) is 30.5 Å². The first kappa shape index (κ1) is 15.3. The first-order valence-corrected chi connectivity index (χ1v) is 8.29. The van der Waals surface area contributed by atoms with Crippen LogP contribution in [0.15, 0.2) is 23.1 Å². The van der Waals surface area contributed by atoms with E-state index in [2.05, 4.69) is 5.32 Å². The fourth-order valence-electron chi connectivity index (χ4n) is 1.92. The van der Waals surface area contributed by atoms with Gasteiger partial charge in [-0.15, -0.1) is 0 Å². The van der Waals surface area contributed by atoms with Crippen LogP contribution in [0.2, 0.25) is 0 Å². The SMILES string of the molecule is CCN(C)S(=O)(=O)c1cc(CNC2CC2)ccc1OC. The van der Waals surface area contributed by atoms with Crippen LogP contribution in [0.5, 0.6) is 5.75 Å². The Morgan fingerprint density at radius 1 is 1.40 bits per heavy atom. The zero-order valence-electron chi connectivity index (χ0n) is 12.2. The van der Waals surface area contributed by atoms with Gasteiger partial charge in [0, 0.05) is 26.2 Å². The molecule has 20 heavy (non-hydrogen) atoms. The second-order valence-corrected chi connectivity index (χ2v) is 7.07. The Labute approximate surface area is 121 Å². The third-order valence-corrected chi connectivity index (χ3v) is 5.49. The van der Waals surface area contributed by atoms with Gasteiger partial charge in [-0.2, -0.15) is 0 Å². The molecule has 1 aromatic carbocycles. The summed E-state index contributed by atoms with van der Waals surface area (Å²) in [6.45, 7) is 2.92. The lowest BCUT2D eigenvalue weighted by atomic mass is 10.2. The summed E-state index contributed by atoms with van der Waals surface area (Å²) in [5.41, 5.74) is 0.959. The zero-order chi connectivity index (χ0) is 14.8. The third kappa shape index (κ3) is 3.31. The van der Waals surface area contributed by atoms with Crippen molar-refractivity contribution in [3.05, 3.63) is 23.8 Å². The molecule has 0 heterocycles. The quantitative estimate of drug-likeness (QED) is 0.830. The lowest BCUT2D eigenvalue weighted by molar-refractivity contribution is 0.398. The molecule has 0 unspecified atom stereocenters. The topological polar surface area (TPSA) is 58.6 Å². The van der Waals surface area contributed by atoms with Gasteiger partial charge in [0.2, 0.25) is 10.0 Å². The van der Waals surface area contributed by atoms with E-state index in [1.54, 1.807) is 19.2 Å². The number of nitrogens with one attached hydrogen (secondary N) is 1. The molecule has 2 rings (SSSR count). The van der Waals surface area contributed by atoms with Gasteiger partial charge in [-0.25, -0.2) is 12.7 Å². The van der Waals surface area contributed by atoms with Crippen molar-refractivity contribution in [3.8, 4) is 5.75 Å². The Morgan fingerprint density at radius 3 is 2.65 bits per heavy atom. The van der Waals surface area contributed by atoms with E-state index in [0.717, 1.165) is 5.56 Å². The molecule has 1 fully saturated rings. The average Bonchev–Trinajstić information content (AvgIpc) is 3.28. The number of ether oxygens (including phenoxy) is 1. The van der Waals surface area contributed by atoms with E-state index in [1.807, 2.05) is 13.0 Å². The predicted octanol–water partition coefficient (Wildman–Crippen LogP) is 1.59. The predicted molar refractivity (Wildman–Crippen MR) is 78.3 cm³/mol. The highest BCUT2D eigenvalue weighted by Gasteiger charge is 2.25. The smallest absolute Gasteiger partial charge is 0.246 e. The van der Waals surface area contributed by atoms with Gasteiger partial charge >= 0.3 is 0 Å². The monoisotopic (exact) mass is 298 g/mol. The molecule has 5 nitrogen and oxygen atoms in total. The van der Waals surface area contributed by atoms with Crippen molar-refractivity contribution >= 4 is 10.0 Å². The van der Waals surface area contributed by atoms with Gasteiger partial charge < -0.3 is 10.1 Å². The van der Waals surface area contributed by atoms with Crippen LogP contribution in [0.1, 0.15) is 25.3 Å². The average molecular weight is 298 g/mol. The Bertz CT molecular complexity index is 568. The molecular weight excluding hydrogens is 276 g/mol. The van der Waals surface area contributed by atoms with Gasteiger partial charge in [-0.1, -0.05) is 13.0 Å². The first-order valence-electron chi connectivity index (χ1n) is 6.85. The highest BCUT2D eigenvalue weighted by Crippen LogP contribution is 2.28. The fourth-order valence-corrected chi connectivity index (χ4v) is 3.30. The molecule has 0 aromatic heterocycles. The van der Waals surface area contributed by atoms with Crippen LogP contribution in [0.25, 0.3) is 0 Å². The summed E-state index contributed by atoms with van der Waals surface area (Å²) in [4.78, 5) is 0.236. The van der Waals surface area contributed by atoms with Gasteiger partial charge in [0.1, 0.15) is 10.6 Å². The maximum absolute atomic E-state index is 12.5. The van der Waals surface area contributed by atoms with Gasteiger partial charge in [-0.3, -0.25) is 0 Å². The van der Waals surface area contributed by atoms with E-state index in [0.29, 0.717) is 24.9 Å². The van der Waals surface area contributed by atoms with E-state index in [9.17, 15) is 8.42 Å². The normalized spacial score (nSPS) is 15.6. The number of sulfonamides is 1. The second-order valence-electron chi connectivity index (χ2n) is 5.06. The maximum atomic E-state index is 12.5. The largest absolute Gasteiger partial charge is 0.495 e. The molecular formula is C14H22N2O3S. The number of hydrogen-bond acceptors (Lipinski definition) is 4. The standard InChI is InChI=1S/C14H22N2O3S/c1-4-16(2)20(17,18)14-9-11(5-8-13(14)19-3)10-15-12-6-7-12/h5,8-9,12,15H,4,6-7,10H2,1-3H3. The summed E-state index contributed by atoms with van der Waals surface area (Å²) in [6.07, 6.45) is 2.42. The highest BCUT2D eigenvalue weighted by molar-refractivity contribution is 7.89. The minimum Gasteiger partial charge on any atom is -0.495 e. The van der Waals surface area contributed by atoms with Crippen LogP contribution in [0.4, 0.5) is 0 Å². The van der Waals surface area contributed by atoms with Crippen molar-refractivity contribution in [1.29, 1.82) is 0 Å². The molecule has 6 heteroatoms. The Kier molecular flexibility index (Phi) is 4.67. The lowest BCUT2D eigenvalue weighted by Gasteiger charge is -2.18. The van der Waals surface area contributed by atoms with E-state index < -0.39 is 10.0 Å². The van der Waals surface area contributed by atoms with Crippen LogP contribution >= 0.6 is 0 Å². The fraction of sp³-hybridized carbons (Fsp3) is 0.571. The molecule has 1 saturated carbocycles. The molecule has 0 spiro atoms. The van der Waals surface area contributed by atoms with Crippen LogP contribution < -0.4 is 10.1 Å². The molecule has 0 aliphatic heterocycles. The number of methoxy groups -OCH3 is 1. The van der Waals surface area contributed by atoms with Crippen molar-refractivity contribution in [2.45, 2.75) is 37.2 Å². The van der Waals surface area contributed by atoms with Crippen molar-refractivity contribution in [1.82, 2.24) is 9.62 Å². The molecule has 1 aromatic rings. The molecule has 0 bridgehead atoms. The second kappa shape index (κ2) is 6.11. The summed E-state index contributed by atoms with van der Waals surface area (Å²) < 4.78 is 31.5. The van der Waals surface area contributed by atoms with Gasteiger partial charge in [0.05, 0.1) is 7.11 Å². The zero-order valence-corrected chi connectivity index (χ0v) is 13.0. The van der Waals surface area contributed by atoms with E-state index >= 15 is 0 Å².